The number of aromatic nitrogens is 1. The number of hydrogen-bond acceptors (Lipinski definition) is 6. The molecule has 0 saturated heterocycles. The van der Waals surface area contributed by atoms with Gasteiger partial charge in [0.2, 0.25) is 0 Å². The number of amides is 1. The molecule has 0 saturated carbocycles. The first-order valence-electron chi connectivity index (χ1n) is 10.8. The lowest BCUT2D eigenvalue weighted by molar-refractivity contribution is -0.123. The number of allylic oxidation sites excluding steroid dienone is 1. The van der Waals surface area contributed by atoms with Crippen molar-refractivity contribution in [2.24, 2.45) is 0 Å². The predicted molar refractivity (Wildman–Crippen MR) is 135 cm³/mol. The highest BCUT2D eigenvalue weighted by molar-refractivity contribution is 7.20. The first-order chi connectivity index (χ1) is 16.6. The summed E-state index contributed by atoms with van der Waals surface area (Å²) in [6, 6.07) is 22.3. The number of benzene rings is 3. The highest BCUT2D eigenvalue weighted by Gasteiger charge is 2.19. The quantitative estimate of drug-likeness (QED) is 0.266. The van der Waals surface area contributed by atoms with E-state index in [0.717, 1.165) is 15.8 Å². The number of ether oxygens (including phenoxy) is 2. The SMILES string of the molecule is CCNC(=O)COc1ccc(C=C(C(=O)c2ccccc2)c2nc3ccccc3s2)cc1OC. The number of thiazole rings is 1. The summed E-state index contributed by atoms with van der Waals surface area (Å²) in [4.78, 5) is 29.9. The molecule has 0 aliphatic heterocycles. The lowest BCUT2D eigenvalue weighted by Gasteiger charge is -2.11. The van der Waals surface area contributed by atoms with Crippen LogP contribution in [-0.2, 0) is 4.79 Å². The summed E-state index contributed by atoms with van der Waals surface area (Å²) >= 11 is 1.48. The Kier molecular flexibility index (Phi) is 7.34. The third kappa shape index (κ3) is 5.32. The van der Waals surface area contributed by atoms with Gasteiger partial charge < -0.3 is 14.8 Å². The van der Waals surface area contributed by atoms with Crippen molar-refractivity contribution in [3.8, 4) is 11.5 Å². The molecule has 0 spiro atoms. The van der Waals surface area contributed by atoms with E-state index in [2.05, 4.69) is 5.32 Å². The Morgan fingerprint density at radius 1 is 1.00 bits per heavy atom. The molecule has 4 aromatic rings. The average Bonchev–Trinajstić information content (AvgIpc) is 3.30. The fourth-order valence-electron chi connectivity index (χ4n) is 3.41. The molecule has 0 aliphatic rings. The molecule has 1 heterocycles. The molecule has 1 amide bonds. The number of nitrogens with one attached hydrogen (secondary N) is 1. The summed E-state index contributed by atoms with van der Waals surface area (Å²) in [6.45, 7) is 2.27. The molecular formula is C27H24N2O4S. The Hall–Kier alpha value is -3.97. The fraction of sp³-hybridized carbons (Fsp3) is 0.148. The zero-order chi connectivity index (χ0) is 23.9. The molecular weight excluding hydrogens is 448 g/mol. The molecule has 0 radical (unpaired) electrons. The monoisotopic (exact) mass is 472 g/mol. The molecule has 1 aromatic heterocycles. The molecule has 3 aromatic carbocycles. The summed E-state index contributed by atoms with van der Waals surface area (Å²) in [5.74, 6) is 0.589. The number of carbonyl (C=O) groups excluding carboxylic acids is 2. The van der Waals surface area contributed by atoms with Crippen molar-refractivity contribution in [1.29, 1.82) is 0 Å². The molecule has 7 heteroatoms. The van der Waals surface area contributed by atoms with Crippen LogP contribution in [0.4, 0.5) is 0 Å². The van der Waals surface area contributed by atoms with E-state index in [1.165, 1.54) is 18.4 Å². The smallest absolute Gasteiger partial charge is 0.257 e. The van der Waals surface area contributed by atoms with Crippen LogP contribution >= 0.6 is 11.3 Å². The largest absolute Gasteiger partial charge is 0.493 e. The maximum Gasteiger partial charge on any atom is 0.257 e. The van der Waals surface area contributed by atoms with Gasteiger partial charge in [0.15, 0.2) is 23.9 Å². The first-order valence-corrected chi connectivity index (χ1v) is 11.7. The molecule has 0 unspecified atom stereocenters. The van der Waals surface area contributed by atoms with Gasteiger partial charge in [-0.3, -0.25) is 9.59 Å². The van der Waals surface area contributed by atoms with E-state index in [1.807, 2.05) is 61.5 Å². The van der Waals surface area contributed by atoms with Gasteiger partial charge in [0, 0.05) is 12.1 Å². The van der Waals surface area contributed by atoms with Crippen molar-refractivity contribution in [2.75, 3.05) is 20.3 Å². The second-order valence-corrected chi connectivity index (χ2v) is 8.42. The van der Waals surface area contributed by atoms with Crippen molar-refractivity contribution >= 4 is 44.9 Å². The summed E-state index contributed by atoms with van der Waals surface area (Å²) in [6.07, 6.45) is 1.81. The number of ketones is 1. The first kappa shape index (κ1) is 23.2. The van der Waals surface area contributed by atoms with Crippen LogP contribution in [0.3, 0.4) is 0 Å². The molecule has 34 heavy (non-hydrogen) atoms. The summed E-state index contributed by atoms with van der Waals surface area (Å²) < 4.78 is 12.1. The van der Waals surface area contributed by atoms with Crippen molar-refractivity contribution in [3.63, 3.8) is 0 Å². The molecule has 4 rings (SSSR count). The van der Waals surface area contributed by atoms with E-state index in [9.17, 15) is 9.59 Å². The summed E-state index contributed by atoms with van der Waals surface area (Å²) in [5.41, 5.74) is 2.67. The van der Waals surface area contributed by atoms with E-state index in [0.29, 0.717) is 34.2 Å². The molecule has 0 atom stereocenters. The van der Waals surface area contributed by atoms with E-state index in [-0.39, 0.29) is 18.3 Å². The predicted octanol–water partition coefficient (Wildman–Crippen LogP) is 5.24. The van der Waals surface area contributed by atoms with Crippen LogP contribution in [0.1, 0.15) is 27.9 Å². The number of para-hydroxylation sites is 1. The zero-order valence-corrected chi connectivity index (χ0v) is 19.7. The Labute approximate surface area is 201 Å². The molecule has 6 nitrogen and oxygen atoms in total. The van der Waals surface area contributed by atoms with Gasteiger partial charge in [-0.15, -0.1) is 11.3 Å². The van der Waals surface area contributed by atoms with E-state index >= 15 is 0 Å². The number of methoxy groups -OCH3 is 1. The van der Waals surface area contributed by atoms with Gasteiger partial charge in [0.25, 0.3) is 5.91 Å². The van der Waals surface area contributed by atoms with Crippen LogP contribution in [0.2, 0.25) is 0 Å². The minimum Gasteiger partial charge on any atom is -0.493 e. The Morgan fingerprint density at radius 2 is 1.76 bits per heavy atom. The molecule has 0 fully saturated rings. The average molecular weight is 473 g/mol. The third-order valence-electron chi connectivity index (χ3n) is 5.04. The lowest BCUT2D eigenvalue weighted by atomic mass is 10.0. The number of nitrogens with zero attached hydrogens (tertiary/aromatic N) is 1. The normalized spacial score (nSPS) is 11.3. The molecule has 0 bridgehead atoms. The topological polar surface area (TPSA) is 77.5 Å². The maximum absolute atomic E-state index is 13.5. The second-order valence-electron chi connectivity index (χ2n) is 7.39. The van der Waals surface area contributed by atoms with Crippen LogP contribution in [0.5, 0.6) is 11.5 Å². The zero-order valence-electron chi connectivity index (χ0n) is 18.9. The number of carbonyl (C=O) groups is 2. The number of rotatable bonds is 9. The highest BCUT2D eigenvalue weighted by atomic mass is 32.1. The summed E-state index contributed by atoms with van der Waals surface area (Å²) in [5, 5.41) is 3.33. The third-order valence-corrected chi connectivity index (χ3v) is 6.11. The van der Waals surface area contributed by atoms with Gasteiger partial charge >= 0.3 is 0 Å². The fourth-order valence-corrected chi connectivity index (χ4v) is 4.39. The molecule has 0 aliphatic carbocycles. The van der Waals surface area contributed by atoms with Gasteiger partial charge in [-0.05, 0) is 42.8 Å². The number of fused-ring (bicyclic) bond motifs is 1. The molecule has 172 valence electrons. The number of hydrogen-bond donors (Lipinski definition) is 1. The standard InChI is InChI=1S/C27H24N2O4S/c1-3-28-25(30)17-33-22-14-13-18(16-23(22)32-2)15-20(26(31)19-9-5-4-6-10-19)27-29-21-11-7-8-12-24(21)34-27/h4-16H,3,17H2,1-2H3,(H,28,30). The van der Waals surface area contributed by atoms with Gasteiger partial charge in [-0.25, -0.2) is 4.98 Å². The van der Waals surface area contributed by atoms with E-state index in [4.69, 9.17) is 14.5 Å². The van der Waals surface area contributed by atoms with Gasteiger partial charge in [0.1, 0.15) is 5.01 Å². The van der Waals surface area contributed by atoms with Crippen molar-refractivity contribution in [2.45, 2.75) is 6.92 Å². The lowest BCUT2D eigenvalue weighted by Crippen LogP contribution is -2.28. The highest BCUT2D eigenvalue weighted by Crippen LogP contribution is 2.33. The van der Waals surface area contributed by atoms with Crippen molar-refractivity contribution in [1.82, 2.24) is 10.3 Å². The van der Waals surface area contributed by atoms with Crippen LogP contribution < -0.4 is 14.8 Å². The molecule has 1 N–H and O–H groups in total. The summed E-state index contributed by atoms with van der Waals surface area (Å²) in [7, 11) is 1.53. The van der Waals surface area contributed by atoms with Crippen LogP contribution in [0.15, 0.2) is 72.8 Å². The Balaban J connectivity index is 1.72. The van der Waals surface area contributed by atoms with Gasteiger partial charge in [-0.1, -0.05) is 48.5 Å². The van der Waals surface area contributed by atoms with E-state index < -0.39 is 0 Å². The van der Waals surface area contributed by atoms with Crippen molar-refractivity contribution in [3.05, 3.63) is 88.9 Å². The number of likely N-dealkylation sites (N-methyl/N-ethyl adjacent to an activating group) is 1. The van der Waals surface area contributed by atoms with Crippen LogP contribution in [0.25, 0.3) is 21.9 Å². The second kappa shape index (κ2) is 10.8. The van der Waals surface area contributed by atoms with Gasteiger partial charge in [0.05, 0.1) is 22.9 Å². The minimum absolute atomic E-state index is 0.108. The van der Waals surface area contributed by atoms with Crippen LogP contribution in [0, 0.1) is 0 Å². The van der Waals surface area contributed by atoms with Crippen LogP contribution in [-0.4, -0.2) is 36.9 Å². The minimum atomic E-state index is -0.208. The number of Topliss-reactive ketones (excluding diaryl/α,β-unsaturated/α-hetero) is 1. The maximum atomic E-state index is 13.5. The van der Waals surface area contributed by atoms with Gasteiger partial charge in [-0.2, -0.15) is 0 Å². The van der Waals surface area contributed by atoms with Crippen molar-refractivity contribution < 1.29 is 19.1 Å². The Bertz CT molecular complexity index is 1310. The Morgan fingerprint density at radius 3 is 2.50 bits per heavy atom. The van der Waals surface area contributed by atoms with E-state index in [1.54, 1.807) is 24.3 Å².